The number of fused-ring (bicyclic) bond motifs is 3. The molecule has 0 amide bonds. The molecule has 18 heavy (non-hydrogen) atoms. The molecule has 1 heterocycles. The summed E-state index contributed by atoms with van der Waals surface area (Å²) in [6.45, 7) is 1.75. The first-order valence-electron chi connectivity index (χ1n) is 6.38. The Hall–Kier alpha value is -1.42. The van der Waals surface area contributed by atoms with Crippen LogP contribution < -0.4 is 5.32 Å². The van der Waals surface area contributed by atoms with E-state index in [-0.39, 0.29) is 17.3 Å². The van der Waals surface area contributed by atoms with E-state index in [0.717, 1.165) is 36.5 Å². The first kappa shape index (κ1) is 10.5. The number of methoxy groups -OCH3 is 1. The number of hydrogen-bond acceptors (Lipinski definition) is 3. The largest absolute Gasteiger partial charge is 0.376 e. The van der Waals surface area contributed by atoms with Crippen LogP contribution in [0.25, 0.3) is 0 Å². The van der Waals surface area contributed by atoms with Crippen LogP contribution in [0.2, 0.25) is 0 Å². The highest BCUT2D eigenvalue weighted by atomic mass is 19.1. The molecule has 3 aliphatic rings. The summed E-state index contributed by atoms with van der Waals surface area (Å²) >= 11 is 0. The van der Waals surface area contributed by atoms with Gasteiger partial charge in [0.2, 0.25) is 0 Å². The lowest BCUT2D eigenvalue weighted by Gasteiger charge is -2.23. The lowest BCUT2D eigenvalue weighted by atomic mass is 9.95. The van der Waals surface area contributed by atoms with Gasteiger partial charge in [-0.25, -0.2) is 4.39 Å². The molecule has 3 atom stereocenters. The molecular weight excluding hydrogens is 231 g/mol. The molecule has 4 heteroatoms. The normalized spacial score (nSPS) is 35.8. The zero-order valence-corrected chi connectivity index (χ0v) is 10.2. The van der Waals surface area contributed by atoms with Crippen molar-refractivity contribution in [2.24, 2.45) is 10.4 Å². The van der Waals surface area contributed by atoms with Gasteiger partial charge in [0.1, 0.15) is 11.7 Å². The smallest absolute Gasteiger partial charge is 0.123 e. The van der Waals surface area contributed by atoms with Crippen molar-refractivity contribution >= 4 is 5.84 Å². The second-order valence-electron chi connectivity index (χ2n) is 5.34. The van der Waals surface area contributed by atoms with Crippen LogP contribution in [0.15, 0.2) is 23.2 Å². The second kappa shape index (κ2) is 3.32. The number of amidine groups is 1. The number of aliphatic imine (C=N–C) groups is 1. The third-order valence-corrected chi connectivity index (χ3v) is 4.53. The number of halogens is 1. The van der Waals surface area contributed by atoms with Crippen LogP contribution in [-0.4, -0.2) is 26.0 Å². The SMILES string of the molecule is CO[C@H]1c2ccc(F)cc2C2C[C@]21C1=NCCN1. The predicted molar refractivity (Wildman–Crippen MR) is 66.2 cm³/mol. The molecule has 4 rings (SSSR count). The van der Waals surface area contributed by atoms with Crippen molar-refractivity contribution in [2.45, 2.75) is 18.4 Å². The molecule has 1 saturated carbocycles. The molecule has 0 bridgehead atoms. The van der Waals surface area contributed by atoms with Crippen LogP contribution in [0.1, 0.15) is 29.6 Å². The highest BCUT2D eigenvalue weighted by Crippen LogP contribution is 2.73. The van der Waals surface area contributed by atoms with Crippen LogP contribution >= 0.6 is 0 Å². The summed E-state index contributed by atoms with van der Waals surface area (Å²) in [6.07, 6.45) is 1.04. The summed E-state index contributed by atoms with van der Waals surface area (Å²) < 4.78 is 19.1. The summed E-state index contributed by atoms with van der Waals surface area (Å²) in [7, 11) is 1.73. The van der Waals surface area contributed by atoms with Gasteiger partial charge in [0.25, 0.3) is 0 Å². The van der Waals surface area contributed by atoms with Crippen molar-refractivity contribution in [3.8, 4) is 0 Å². The predicted octanol–water partition coefficient (Wildman–Crippen LogP) is 2.00. The van der Waals surface area contributed by atoms with Crippen LogP contribution in [-0.2, 0) is 4.74 Å². The molecule has 1 aromatic rings. The average Bonchev–Trinajstić information content (AvgIpc) is 2.79. The van der Waals surface area contributed by atoms with E-state index in [9.17, 15) is 4.39 Å². The fraction of sp³-hybridized carbons (Fsp3) is 0.500. The van der Waals surface area contributed by atoms with Crippen molar-refractivity contribution in [1.29, 1.82) is 0 Å². The molecule has 1 aromatic carbocycles. The summed E-state index contributed by atoms with van der Waals surface area (Å²) in [5, 5.41) is 3.37. The minimum absolute atomic E-state index is 0.0162. The maximum absolute atomic E-state index is 13.4. The van der Waals surface area contributed by atoms with E-state index in [4.69, 9.17) is 4.74 Å². The molecule has 2 aliphatic carbocycles. The van der Waals surface area contributed by atoms with Gasteiger partial charge >= 0.3 is 0 Å². The molecule has 0 aromatic heterocycles. The van der Waals surface area contributed by atoms with Crippen LogP contribution in [0.4, 0.5) is 4.39 Å². The van der Waals surface area contributed by atoms with Gasteiger partial charge in [-0.2, -0.15) is 0 Å². The van der Waals surface area contributed by atoms with Gasteiger partial charge < -0.3 is 10.1 Å². The molecule has 1 aliphatic heterocycles. The van der Waals surface area contributed by atoms with Gasteiger partial charge in [0.15, 0.2) is 0 Å². The fourth-order valence-corrected chi connectivity index (χ4v) is 3.75. The van der Waals surface area contributed by atoms with E-state index in [1.807, 2.05) is 6.07 Å². The first-order chi connectivity index (χ1) is 8.77. The quantitative estimate of drug-likeness (QED) is 0.866. The lowest BCUT2D eigenvalue weighted by Crippen LogP contribution is -2.32. The minimum Gasteiger partial charge on any atom is -0.376 e. The maximum Gasteiger partial charge on any atom is 0.123 e. The number of hydrogen-bond donors (Lipinski definition) is 1. The average molecular weight is 246 g/mol. The zero-order chi connectivity index (χ0) is 12.3. The first-order valence-corrected chi connectivity index (χ1v) is 6.38. The number of nitrogens with one attached hydrogen (secondary N) is 1. The van der Waals surface area contributed by atoms with E-state index in [0.29, 0.717) is 5.92 Å². The Morgan fingerprint density at radius 2 is 2.33 bits per heavy atom. The molecular formula is C14H15FN2O. The minimum atomic E-state index is -0.160. The van der Waals surface area contributed by atoms with Gasteiger partial charge in [-0.1, -0.05) is 6.07 Å². The third-order valence-electron chi connectivity index (χ3n) is 4.53. The highest BCUT2D eigenvalue weighted by Gasteiger charge is 2.69. The highest BCUT2D eigenvalue weighted by molar-refractivity contribution is 5.95. The second-order valence-corrected chi connectivity index (χ2v) is 5.34. The maximum atomic E-state index is 13.4. The van der Waals surface area contributed by atoms with Crippen molar-refractivity contribution in [2.75, 3.05) is 20.2 Å². The summed E-state index contributed by atoms with van der Waals surface area (Å²) in [5.41, 5.74) is 2.20. The topological polar surface area (TPSA) is 33.6 Å². The summed E-state index contributed by atoms with van der Waals surface area (Å²) in [6, 6.07) is 5.05. The zero-order valence-electron chi connectivity index (χ0n) is 10.2. The van der Waals surface area contributed by atoms with Crippen molar-refractivity contribution < 1.29 is 9.13 Å². The van der Waals surface area contributed by atoms with E-state index < -0.39 is 0 Å². The Balaban J connectivity index is 1.83. The number of ether oxygens (including phenoxy) is 1. The van der Waals surface area contributed by atoms with Crippen LogP contribution in [0.3, 0.4) is 0 Å². The molecule has 0 spiro atoms. The summed E-state index contributed by atoms with van der Waals surface area (Å²) in [4.78, 5) is 4.57. The van der Waals surface area contributed by atoms with Gasteiger partial charge in [-0.3, -0.25) is 4.99 Å². The van der Waals surface area contributed by atoms with Crippen LogP contribution in [0.5, 0.6) is 0 Å². The van der Waals surface area contributed by atoms with Gasteiger partial charge in [-0.15, -0.1) is 0 Å². The standard InChI is InChI=1S/C14H15FN2O/c1-18-12-9-3-2-8(15)6-10(9)11-7-14(11,12)13-16-4-5-17-13/h2-3,6,11-12H,4-5,7H2,1H3,(H,16,17)/t11?,12-,14-/m0/s1. The van der Waals surface area contributed by atoms with Gasteiger partial charge in [0.05, 0.1) is 18.1 Å². The lowest BCUT2D eigenvalue weighted by molar-refractivity contribution is 0.0697. The molecule has 0 saturated heterocycles. The Morgan fingerprint density at radius 3 is 3.06 bits per heavy atom. The Morgan fingerprint density at radius 1 is 1.44 bits per heavy atom. The van der Waals surface area contributed by atoms with E-state index >= 15 is 0 Å². The van der Waals surface area contributed by atoms with Crippen molar-refractivity contribution in [3.05, 3.63) is 35.1 Å². The van der Waals surface area contributed by atoms with E-state index in [1.165, 1.54) is 6.07 Å². The molecule has 0 radical (unpaired) electrons. The number of benzene rings is 1. The Bertz CT molecular complexity index is 557. The van der Waals surface area contributed by atoms with Gasteiger partial charge in [0, 0.05) is 19.6 Å². The Labute approximate surface area is 105 Å². The third kappa shape index (κ3) is 1.09. The molecule has 1 unspecified atom stereocenters. The monoisotopic (exact) mass is 246 g/mol. The number of rotatable bonds is 2. The molecule has 1 fully saturated rings. The van der Waals surface area contributed by atoms with Gasteiger partial charge in [-0.05, 0) is 29.7 Å². The van der Waals surface area contributed by atoms with E-state index in [1.54, 1.807) is 13.2 Å². The fourth-order valence-electron chi connectivity index (χ4n) is 3.75. The molecule has 3 nitrogen and oxygen atoms in total. The number of nitrogens with zero attached hydrogens (tertiary/aromatic N) is 1. The van der Waals surface area contributed by atoms with Crippen molar-refractivity contribution in [3.63, 3.8) is 0 Å². The molecule has 94 valence electrons. The summed E-state index contributed by atoms with van der Waals surface area (Å²) in [5.74, 6) is 1.28. The van der Waals surface area contributed by atoms with Crippen molar-refractivity contribution in [1.82, 2.24) is 5.32 Å². The van der Waals surface area contributed by atoms with Crippen LogP contribution in [0, 0.1) is 11.2 Å². The Kier molecular flexibility index (Phi) is 1.94. The van der Waals surface area contributed by atoms with E-state index in [2.05, 4.69) is 10.3 Å². The molecule has 1 N–H and O–H groups in total.